The van der Waals surface area contributed by atoms with Crippen molar-refractivity contribution in [2.75, 3.05) is 0 Å². The minimum Gasteiger partial charge on any atom is -0.477 e. The largest absolute Gasteiger partial charge is 0.477 e. The van der Waals surface area contributed by atoms with E-state index >= 15 is 0 Å². The molecular weight excluding hydrogens is 283 g/mol. The van der Waals surface area contributed by atoms with E-state index in [1.807, 2.05) is 0 Å². The van der Waals surface area contributed by atoms with Crippen LogP contribution in [0.1, 0.15) is 10.4 Å². The van der Waals surface area contributed by atoms with E-state index < -0.39 is 23.0 Å². The Bertz CT molecular complexity index is 647. The molecule has 0 aliphatic rings. The Morgan fingerprint density at radius 1 is 1.38 bits per heavy atom. The summed E-state index contributed by atoms with van der Waals surface area (Å²) >= 11 is 3.06. The fourth-order valence-corrected chi connectivity index (χ4v) is 1.75. The summed E-state index contributed by atoms with van der Waals surface area (Å²) in [5.74, 6) is -2.13. The molecule has 1 aromatic carbocycles. The third-order valence-electron chi connectivity index (χ3n) is 1.98. The second kappa shape index (κ2) is 3.71. The predicted octanol–water partition coefficient (Wildman–Crippen LogP) is 2.39. The highest BCUT2D eigenvalue weighted by atomic mass is 79.9. The van der Waals surface area contributed by atoms with Crippen LogP contribution in [0.15, 0.2) is 31.9 Å². The molecule has 0 aliphatic carbocycles. The lowest BCUT2D eigenvalue weighted by Gasteiger charge is -2.00. The molecule has 1 N–H and O–H groups in total. The summed E-state index contributed by atoms with van der Waals surface area (Å²) in [7, 11) is 0. The average Bonchev–Trinajstić information content (AvgIpc) is 2.18. The second-order valence-electron chi connectivity index (χ2n) is 3.06. The van der Waals surface area contributed by atoms with Gasteiger partial charge < -0.3 is 9.52 Å². The zero-order valence-corrected chi connectivity index (χ0v) is 9.25. The summed E-state index contributed by atoms with van der Waals surface area (Å²) in [6, 6.07) is 3.68. The Morgan fingerprint density at radius 3 is 2.69 bits per heavy atom. The van der Waals surface area contributed by atoms with Crippen molar-refractivity contribution in [3.8, 4) is 0 Å². The monoisotopic (exact) mass is 286 g/mol. The van der Waals surface area contributed by atoms with E-state index in [9.17, 15) is 14.0 Å². The van der Waals surface area contributed by atoms with Gasteiger partial charge in [-0.25, -0.2) is 14.0 Å². The average molecular weight is 287 g/mol. The quantitative estimate of drug-likeness (QED) is 0.818. The van der Waals surface area contributed by atoms with Gasteiger partial charge in [-0.3, -0.25) is 0 Å². The lowest BCUT2D eigenvalue weighted by molar-refractivity contribution is 0.0692. The van der Waals surface area contributed by atoms with Gasteiger partial charge in [0, 0.05) is 9.86 Å². The van der Waals surface area contributed by atoms with Crippen molar-refractivity contribution >= 4 is 32.9 Å². The first-order valence-electron chi connectivity index (χ1n) is 4.15. The number of halogens is 2. The van der Waals surface area contributed by atoms with Crippen LogP contribution in [0.5, 0.6) is 0 Å². The Balaban J connectivity index is 2.90. The maximum atomic E-state index is 13.3. The van der Waals surface area contributed by atoms with E-state index in [2.05, 4.69) is 20.3 Å². The Labute approximate surface area is 96.4 Å². The molecule has 0 bridgehead atoms. The fourth-order valence-electron chi connectivity index (χ4n) is 1.31. The molecule has 2 aromatic rings. The van der Waals surface area contributed by atoms with Crippen molar-refractivity contribution in [2.45, 2.75) is 0 Å². The molecule has 82 valence electrons. The number of rotatable bonds is 1. The van der Waals surface area contributed by atoms with Crippen LogP contribution in [0.3, 0.4) is 0 Å². The van der Waals surface area contributed by atoms with Crippen molar-refractivity contribution in [3.63, 3.8) is 0 Å². The van der Waals surface area contributed by atoms with E-state index in [-0.39, 0.29) is 11.0 Å². The molecule has 0 fully saturated rings. The topological polar surface area (TPSA) is 67.5 Å². The van der Waals surface area contributed by atoms with Crippen LogP contribution in [-0.4, -0.2) is 11.1 Å². The zero-order valence-electron chi connectivity index (χ0n) is 7.66. The number of carboxylic acid groups (broad SMARTS) is 1. The number of fused-ring (bicyclic) bond motifs is 1. The van der Waals surface area contributed by atoms with E-state index in [1.165, 1.54) is 6.07 Å². The van der Waals surface area contributed by atoms with Gasteiger partial charge in [0.1, 0.15) is 5.56 Å². The van der Waals surface area contributed by atoms with Gasteiger partial charge in [-0.05, 0) is 18.2 Å². The SMILES string of the molecule is O=C(O)c1cc2cc(Br)cc(F)c2oc1=O. The maximum Gasteiger partial charge on any atom is 0.351 e. The highest BCUT2D eigenvalue weighted by Crippen LogP contribution is 2.22. The van der Waals surface area contributed by atoms with E-state index in [1.54, 1.807) is 0 Å². The van der Waals surface area contributed by atoms with Gasteiger partial charge >= 0.3 is 11.6 Å². The Morgan fingerprint density at radius 2 is 2.06 bits per heavy atom. The van der Waals surface area contributed by atoms with Gasteiger partial charge in [0.15, 0.2) is 11.4 Å². The lowest BCUT2D eigenvalue weighted by atomic mass is 10.2. The third kappa shape index (κ3) is 1.71. The summed E-state index contributed by atoms with van der Waals surface area (Å²) in [5, 5.41) is 8.91. The predicted molar refractivity (Wildman–Crippen MR) is 57.1 cm³/mol. The molecule has 0 atom stereocenters. The highest BCUT2D eigenvalue weighted by molar-refractivity contribution is 9.10. The summed E-state index contributed by atoms with van der Waals surface area (Å²) in [6.45, 7) is 0. The van der Waals surface area contributed by atoms with Crippen molar-refractivity contribution < 1.29 is 18.7 Å². The van der Waals surface area contributed by atoms with Gasteiger partial charge in [-0.2, -0.15) is 0 Å². The third-order valence-corrected chi connectivity index (χ3v) is 2.44. The molecule has 16 heavy (non-hydrogen) atoms. The first-order chi connectivity index (χ1) is 7.49. The standard InChI is InChI=1S/C10H4BrFO4/c11-5-1-4-2-6(9(13)14)10(15)16-8(4)7(12)3-5/h1-3H,(H,13,14). The van der Waals surface area contributed by atoms with Crippen LogP contribution in [-0.2, 0) is 0 Å². The molecule has 0 spiro atoms. The van der Waals surface area contributed by atoms with E-state index in [4.69, 9.17) is 5.11 Å². The lowest BCUT2D eigenvalue weighted by Crippen LogP contribution is -2.13. The molecule has 0 saturated heterocycles. The van der Waals surface area contributed by atoms with E-state index in [0.29, 0.717) is 4.47 Å². The first kappa shape index (κ1) is 10.8. The summed E-state index contributed by atoms with van der Waals surface area (Å²) in [6.07, 6.45) is 0. The second-order valence-corrected chi connectivity index (χ2v) is 3.97. The zero-order chi connectivity index (χ0) is 11.9. The van der Waals surface area contributed by atoms with Crippen LogP contribution >= 0.6 is 15.9 Å². The minimum absolute atomic E-state index is 0.212. The maximum absolute atomic E-state index is 13.3. The summed E-state index contributed by atoms with van der Waals surface area (Å²) in [4.78, 5) is 21.9. The molecule has 0 unspecified atom stereocenters. The van der Waals surface area contributed by atoms with Gasteiger partial charge in [0.2, 0.25) is 0 Å². The number of hydrogen-bond donors (Lipinski definition) is 1. The van der Waals surface area contributed by atoms with Gasteiger partial charge in [0.05, 0.1) is 0 Å². The van der Waals surface area contributed by atoms with Gasteiger partial charge in [0.25, 0.3) is 0 Å². The normalized spacial score (nSPS) is 10.6. The van der Waals surface area contributed by atoms with Crippen LogP contribution in [0.2, 0.25) is 0 Å². The molecule has 0 amide bonds. The number of aromatic carboxylic acids is 1. The number of hydrogen-bond acceptors (Lipinski definition) is 3. The van der Waals surface area contributed by atoms with Gasteiger partial charge in [-0.1, -0.05) is 15.9 Å². The van der Waals surface area contributed by atoms with Crippen molar-refractivity contribution in [1.82, 2.24) is 0 Å². The van der Waals surface area contributed by atoms with Crippen LogP contribution in [0.4, 0.5) is 4.39 Å². The summed E-state index contributed by atoms with van der Waals surface area (Å²) in [5.41, 5.74) is -1.84. The molecule has 4 nitrogen and oxygen atoms in total. The Hall–Kier alpha value is -1.69. The molecule has 1 aromatic heterocycles. The van der Waals surface area contributed by atoms with Crippen LogP contribution < -0.4 is 5.63 Å². The smallest absolute Gasteiger partial charge is 0.351 e. The molecule has 1 heterocycles. The van der Waals surface area contributed by atoms with Crippen molar-refractivity contribution in [2.24, 2.45) is 0 Å². The highest BCUT2D eigenvalue weighted by Gasteiger charge is 2.14. The molecule has 0 aliphatic heterocycles. The van der Waals surface area contributed by atoms with Crippen LogP contribution in [0, 0.1) is 5.82 Å². The number of carboxylic acids is 1. The molecular formula is C10H4BrFO4. The molecule has 6 heteroatoms. The van der Waals surface area contributed by atoms with Gasteiger partial charge in [-0.15, -0.1) is 0 Å². The molecule has 2 rings (SSSR count). The number of benzene rings is 1. The van der Waals surface area contributed by atoms with Crippen molar-refractivity contribution in [3.05, 3.63) is 44.5 Å². The first-order valence-corrected chi connectivity index (χ1v) is 4.94. The van der Waals surface area contributed by atoms with Crippen molar-refractivity contribution in [1.29, 1.82) is 0 Å². The fraction of sp³-hybridized carbons (Fsp3) is 0. The number of carbonyl (C=O) groups is 1. The summed E-state index contributed by atoms with van der Waals surface area (Å²) < 4.78 is 18.4. The Kier molecular flexibility index (Phi) is 2.51. The minimum atomic E-state index is -1.41. The molecule has 0 saturated carbocycles. The molecule has 0 radical (unpaired) electrons. The van der Waals surface area contributed by atoms with Crippen LogP contribution in [0.25, 0.3) is 11.0 Å². The van der Waals surface area contributed by atoms with E-state index in [0.717, 1.165) is 12.1 Å².